The van der Waals surface area contributed by atoms with Gasteiger partial charge in [0.1, 0.15) is 0 Å². The lowest BCUT2D eigenvalue weighted by atomic mass is 9.89. The Morgan fingerprint density at radius 1 is 1.20 bits per heavy atom. The maximum atomic E-state index is 10.8. The van der Waals surface area contributed by atoms with Gasteiger partial charge >= 0.3 is 0 Å². The molecule has 0 spiro atoms. The second kappa shape index (κ2) is 2.73. The smallest absolute Gasteiger partial charge is 0.261 e. The number of ketones is 2. The highest BCUT2D eigenvalue weighted by Gasteiger charge is 2.27. The first kappa shape index (κ1) is 9.01. The standard InChI is InChI=1S/C7H10O3/c1-7(2,3)6(10)5(9)4-8/h4H,1-3H3. The van der Waals surface area contributed by atoms with E-state index in [-0.39, 0.29) is 6.29 Å². The molecule has 0 radical (unpaired) electrons. The van der Waals surface area contributed by atoms with Crippen LogP contribution in [0.15, 0.2) is 0 Å². The average molecular weight is 142 g/mol. The number of rotatable bonds is 2. The van der Waals surface area contributed by atoms with E-state index in [4.69, 9.17) is 0 Å². The summed E-state index contributed by atoms with van der Waals surface area (Å²) in [7, 11) is 0. The van der Waals surface area contributed by atoms with Crippen molar-refractivity contribution in [2.75, 3.05) is 0 Å². The van der Waals surface area contributed by atoms with Gasteiger partial charge in [-0.05, 0) is 0 Å². The van der Waals surface area contributed by atoms with Crippen LogP contribution in [0.1, 0.15) is 20.8 Å². The van der Waals surface area contributed by atoms with Gasteiger partial charge in [-0.3, -0.25) is 14.4 Å². The van der Waals surface area contributed by atoms with E-state index in [0.717, 1.165) is 0 Å². The summed E-state index contributed by atoms with van der Waals surface area (Å²) in [6.07, 6.45) is 0.0492. The summed E-state index contributed by atoms with van der Waals surface area (Å²) in [5.41, 5.74) is -0.738. The third-order valence-corrected chi connectivity index (χ3v) is 1.01. The van der Waals surface area contributed by atoms with Crippen molar-refractivity contribution in [2.45, 2.75) is 20.8 Å². The molecule has 0 unspecified atom stereocenters. The van der Waals surface area contributed by atoms with E-state index in [2.05, 4.69) is 0 Å². The Morgan fingerprint density at radius 2 is 1.60 bits per heavy atom. The summed E-state index contributed by atoms with van der Waals surface area (Å²) >= 11 is 0. The number of hydrogen-bond acceptors (Lipinski definition) is 3. The van der Waals surface area contributed by atoms with Crippen molar-refractivity contribution in [3.8, 4) is 0 Å². The predicted molar refractivity (Wildman–Crippen MR) is 35.5 cm³/mol. The molecule has 0 N–H and O–H groups in total. The Bertz CT molecular complexity index is 174. The summed E-state index contributed by atoms with van der Waals surface area (Å²) < 4.78 is 0. The quantitative estimate of drug-likeness (QED) is 0.318. The zero-order valence-electron chi connectivity index (χ0n) is 6.30. The highest BCUT2D eigenvalue weighted by molar-refractivity contribution is 6.58. The second-order valence-electron chi connectivity index (χ2n) is 3.06. The molecule has 0 rings (SSSR count). The van der Waals surface area contributed by atoms with Crippen molar-refractivity contribution in [3.63, 3.8) is 0 Å². The van der Waals surface area contributed by atoms with Gasteiger partial charge in [0, 0.05) is 5.41 Å². The minimum Gasteiger partial charge on any atom is -0.294 e. The fraction of sp³-hybridized carbons (Fsp3) is 0.571. The van der Waals surface area contributed by atoms with Crippen molar-refractivity contribution >= 4 is 17.9 Å². The first-order chi connectivity index (χ1) is 4.39. The van der Waals surface area contributed by atoms with Gasteiger partial charge in [-0.1, -0.05) is 20.8 Å². The molecule has 0 fully saturated rings. The molecule has 0 aromatic rings. The highest BCUT2D eigenvalue weighted by atomic mass is 16.2. The van der Waals surface area contributed by atoms with Crippen LogP contribution in [0.25, 0.3) is 0 Å². The largest absolute Gasteiger partial charge is 0.294 e. The second-order valence-corrected chi connectivity index (χ2v) is 3.06. The first-order valence-electron chi connectivity index (χ1n) is 2.93. The van der Waals surface area contributed by atoms with Crippen LogP contribution >= 0.6 is 0 Å². The zero-order chi connectivity index (χ0) is 8.36. The first-order valence-corrected chi connectivity index (χ1v) is 2.93. The Morgan fingerprint density at radius 3 is 1.70 bits per heavy atom. The maximum absolute atomic E-state index is 10.8. The van der Waals surface area contributed by atoms with Crippen LogP contribution in [-0.4, -0.2) is 17.9 Å². The molecule has 3 nitrogen and oxygen atoms in total. The fourth-order valence-electron chi connectivity index (χ4n) is 0.423. The molecule has 56 valence electrons. The minimum absolute atomic E-state index is 0.0492. The van der Waals surface area contributed by atoms with Crippen LogP contribution in [-0.2, 0) is 14.4 Å². The highest BCUT2D eigenvalue weighted by Crippen LogP contribution is 2.13. The Labute approximate surface area is 59.4 Å². The maximum Gasteiger partial charge on any atom is 0.261 e. The van der Waals surface area contributed by atoms with Gasteiger partial charge in [0.25, 0.3) is 5.78 Å². The van der Waals surface area contributed by atoms with Crippen LogP contribution in [0.2, 0.25) is 0 Å². The Balaban J connectivity index is 4.38. The molecule has 0 aromatic heterocycles. The Kier molecular flexibility index (Phi) is 2.46. The lowest BCUT2D eigenvalue weighted by molar-refractivity contribution is -0.143. The molecule has 0 aromatic carbocycles. The lowest BCUT2D eigenvalue weighted by Gasteiger charge is -2.12. The van der Waals surface area contributed by atoms with Gasteiger partial charge in [0.05, 0.1) is 0 Å². The van der Waals surface area contributed by atoms with Crippen LogP contribution in [0, 0.1) is 5.41 Å². The van der Waals surface area contributed by atoms with E-state index in [1.54, 1.807) is 20.8 Å². The van der Waals surface area contributed by atoms with E-state index in [0.29, 0.717) is 0 Å². The summed E-state index contributed by atoms with van der Waals surface area (Å²) in [6, 6.07) is 0. The molecule has 0 saturated heterocycles. The molecule has 10 heavy (non-hydrogen) atoms. The number of Topliss-reactive ketones (excluding diaryl/α,β-unsaturated/α-hetero) is 2. The summed E-state index contributed by atoms with van der Waals surface area (Å²) in [5.74, 6) is -1.59. The van der Waals surface area contributed by atoms with Crippen molar-refractivity contribution in [1.82, 2.24) is 0 Å². The number of hydrogen-bond donors (Lipinski definition) is 0. The molecule has 0 heterocycles. The molecule has 0 aliphatic rings. The molecule has 0 aliphatic carbocycles. The van der Waals surface area contributed by atoms with Gasteiger partial charge in [0.15, 0.2) is 6.29 Å². The lowest BCUT2D eigenvalue weighted by Crippen LogP contribution is -2.29. The fourth-order valence-corrected chi connectivity index (χ4v) is 0.423. The van der Waals surface area contributed by atoms with Gasteiger partial charge < -0.3 is 0 Å². The summed E-state index contributed by atoms with van der Waals surface area (Å²) in [4.78, 5) is 31.1. The summed E-state index contributed by atoms with van der Waals surface area (Å²) in [5, 5.41) is 0. The number of carbonyl (C=O) groups is 3. The van der Waals surface area contributed by atoms with Gasteiger partial charge in [-0.2, -0.15) is 0 Å². The number of carbonyl (C=O) groups excluding carboxylic acids is 3. The summed E-state index contributed by atoms with van der Waals surface area (Å²) in [6.45, 7) is 4.78. The Hall–Kier alpha value is -0.990. The molecule has 0 atom stereocenters. The van der Waals surface area contributed by atoms with Crippen molar-refractivity contribution in [1.29, 1.82) is 0 Å². The molecule has 0 aliphatic heterocycles. The molecule has 3 heteroatoms. The minimum atomic E-state index is -0.951. The van der Waals surface area contributed by atoms with Gasteiger partial charge in [-0.25, -0.2) is 0 Å². The topological polar surface area (TPSA) is 51.2 Å². The van der Waals surface area contributed by atoms with Crippen molar-refractivity contribution in [2.24, 2.45) is 5.41 Å². The van der Waals surface area contributed by atoms with Gasteiger partial charge in [-0.15, -0.1) is 0 Å². The predicted octanol–water partition coefficient (Wildman–Crippen LogP) is 0.370. The van der Waals surface area contributed by atoms with Crippen molar-refractivity contribution < 1.29 is 14.4 Å². The van der Waals surface area contributed by atoms with E-state index in [1.165, 1.54) is 0 Å². The number of aldehydes is 1. The monoisotopic (exact) mass is 142 g/mol. The molecule has 0 saturated carbocycles. The van der Waals surface area contributed by atoms with Crippen LogP contribution < -0.4 is 0 Å². The van der Waals surface area contributed by atoms with Gasteiger partial charge in [0.2, 0.25) is 5.78 Å². The molecule has 0 bridgehead atoms. The molecule has 0 amide bonds. The normalized spacial score (nSPS) is 10.7. The molecular weight excluding hydrogens is 132 g/mol. The van der Waals surface area contributed by atoms with Crippen LogP contribution in [0.5, 0.6) is 0 Å². The van der Waals surface area contributed by atoms with Crippen LogP contribution in [0.4, 0.5) is 0 Å². The van der Waals surface area contributed by atoms with E-state index in [1.807, 2.05) is 0 Å². The SMILES string of the molecule is CC(C)(C)C(=O)C(=O)C=O. The van der Waals surface area contributed by atoms with E-state index in [9.17, 15) is 14.4 Å². The third kappa shape index (κ3) is 2.09. The average Bonchev–Trinajstić information content (AvgIpc) is 1.83. The van der Waals surface area contributed by atoms with E-state index < -0.39 is 17.0 Å². The van der Waals surface area contributed by atoms with Crippen LogP contribution in [0.3, 0.4) is 0 Å². The van der Waals surface area contributed by atoms with E-state index >= 15 is 0 Å². The third-order valence-electron chi connectivity index (χ3n) is 1.01. The zero-order valence-corrected chi connectivity index (χ0v) is 6.30. The van der Waals surface area contributed by atoms with Crippen molar-refractivity contribution in [3.05, 3.63) is 0 Å². The molecular formula is C7H10O3.